The fourth-order valence-corrected chi connectivity index (χ4v) is 1.89. The van der Waals surface area contributed by atoms with E-state index in [-0.39, 0.29) is 5.76 Å². The van der Waals surface area contributed by atoms with Gasteiger partial charge in [0.05, 0.1) is 7.11 Å². The number of alkyl carbamates (subject to hydrolysis) is 1. The van der Waals surface area contributed by atoms with Crippen LogP contribution < -0.4 is 5.32 Å². The van der Waals surface area contributed by atoms with Crippen LogP contribution in [0.3, 0.4) is 0 Å². The summed E-state index contributed by atoms with van der Waals surface area (Å²) in [6.07, 6.45) is -2.09. The summed E-state index contributed by atoms with van der Waals surface area (Å²) in [5, 5.41) is 2.71. The normalized spacial score (nSPS) is 11.8. The third-order valence-corrected chi connectivity index (χ3v) is 3.09. The van der Waals surface area contributed by atoms with Crippen LogP contribution in [-0.4, -0.2) is 31.2 Å². The van der Waals surface area contributed by atoms with Gasteiger partial charge in [0.2, 0.25) is 5.76 Å². The molecule has 0 unspecified atom stereocenters. The highest BCUT2D eigenvalue weighted by atomic mass is 16.6. The summed E-state index contributed by atoms with van der Waals surface area (Å²) in [7, 11) is 1.12. The average molecular weight is 305 g/mol. The molecule has 0 aliphatic carbocycles. The Balaban J connectivity index is 2.12. The summed E-state index contributed by atoms with van der Waals surface area (Å²) in [4.78, 5) is 34.7. The molecule has 1 aromatic carbocycles. The number of ether oxygens (including phenoxy) is 2. The fraction of sp³-hybridized carbons (Fsp3) is 0.267. The first-order valence-corrected chi connectivity index (χ1v) is 6.52. The van der Waals surface area contributed by atoms with Crippen molar-refractivity contribution in [3.8, 4) is 0 Å². The van der Waals surface area contributed by atoms with E-state index < -0.39 is 24.1 Å². The van der Waals surface area contributed by atoms with Crippen molar-refractivity contribution in [2.24, 2.45) is 0 Å². The number of furan rings is 1. The molecule has 0 aliphatic rings. The van der Waals surface area contributed by atoms with Crippen molar-refractivity contribution in [2.75, 3.05) is 7.11 Å². The van der Waals surface area contributed by atoms with E-state index in [0.29, 0.717) is 11.1 Å². The number of hydrogen-bond donors (Lipinski definition) is 1. The molecule has 2 rings (SSSR count). The SMILES string of the molecule is COC(=O)NC(=O)[C@@H](C)OC(=O)c1oc2ccccc2c1C. The predicted molar refractivity (Wildman–Crippen MR) is 76.4 cm³/mol. The van der Waals surface area contributed by atoms with Crippen molar-refractivity contribution in [2.45, 2.75) is 20.0 Å². The van der Waals surface area contributed by atoms with Crippen LogP contribution in [0.5, 0.6) is 0 Å². The molecule has 1 N–H and O–H groups in total. The minimum atomic E-state index is -1.17. The molecule has 116 valence electrons. The van der Waals surface area contributed by atoms with Crippen LogP contribution in [0.15, 0.2) is 28.7 Å². The molecule has 1 heterocycles. The molecule has 1 aromatic heterocycles. The third kappa shape index (κ3) is 3.08. The number of fused-ring (bicyclic) bond motifs is 1. The van der Waals surface area contributed by atoms with Crippen molar-refractivity contribution in [1.29, 1.82) is 0 Å². The van der Waals surface area contributed by atoms with Crippen LogP contribution in [0.1, 0.15) is 23.0 Å². The first kappa shape index (κ1) is 15.6. The Kier molecular flexibility index (Phi) is 4.45. The number of rotatable bonds is 3. The van der Waals surface area contributed by atoms with E-state index in [1.165, 1.54) is 6.92 Å². The first-order valence-electron chi connectivity index (χ1n) is 6.52. The van der Waals surface area contributed by atoms with Crippen LogP contribution in [0.2, 0.25) is 0 Å². The van der Waals surface area contributed by atoms with E-state index >= 15 is 0 Å². The quantitative estimate of drug-likeness (QED) is 0.873. The molecule has 0 saturated carbocycles. The lowest BCUT2D eigenvalue weighted by Crippen LogP contribution is -2.39. The van der Waals surface area contributed by atoms with E-state index in [0.717, 1.165) is 12.5 Å². The highest BCUT2D eigenvalue weighted by Crippen LogP contribution is 2.25. The number of nitrogens with one attached hydrogen (secondary N) is 1. The Morgan fingerprint density at radius 2 is 1.91 bits per heavy atom. The van der Waals surface area contributed by atoms with Gasteiger partial charge in [0.1, 0.15) is 5.58 Å². The molecule has 1 atom stereocenters. The van der Waals surface area contributed by atoms with Gasteiger partial charge in [-0.3, -0.25) is 10.1 Å². The van der Waals surface area contributed by atoms with E-state index in [9.17, 15) is 14.4 Å². The average Bonchev–Trinajstić information content (AvgIpc) is 2.84. The van der Waals surface area contributed by atoms with Gasteiger partial charge in [-0.05, 0) is 19.9 Å². The van der Waals surface area contributed by atoms with Gasteiger partial charge in [-0.25, -0.2) is 9.59 Å². The van der Waals surface area contributed by atoms with Gasteiger partial charge in [0.25, 0.3) is 5.91 Å². The molecule has 22 heavy (non-hydrogen) atoms. The number of carbonyl (C=O) groups is 3. The van der Waals surface area contributed by atoms with Crippen LogP contribution in [-0.2, 0) is 14.3 Å². The fourth-order valence-electron chi connectivity index (χ4n) is 1.89. The number of imide groups is 1. The smallest absolute Gasteiger partial charge is 0.413 e. The highest BCUT2D eigenvalue weighted by molar-refractivity contribution is 5.99. The number of methoxy groups -OCH3 is 1. The van der Waals surface area contributed by atoms with Crippen LogP contribution in [0, 0.1) is 6.92 Å². The molecule has 2 amide bonds. The second kappa shape index (κ2) is 6.30. The second-order valence-electron chi connectivity index (χ2n) is 4.58. The molecule has 2 aromatic rings. The Labute approximate surface area is 126 Å². The van der Waals surface area contributed by atoms with Gasteiger partial charge in [-0.1, -0.05) is 18.2 Å². The Hall–Kier alpha value is -2.83. The number of carbonyl (C=O) groups excluding carboxylic acids is 3. The predicted octanol–water partition coefficient (Wildman–Crippen LogP) is 2.17. The molecule has 0 saturated heterocycles. The van der Waals surface area contributed by atoms with Crippen molar-refractivity contribution in [3.63, 3.8) is 0 Å². The van der Waals surface area contributed by atoms with Gasteiger partial charge >= 0.3 is 12.1 Å². The van der Waals surface area contributed by atoms with Crippen LogP contribution in [0.4, 0.5) is 4.79 Å². The Morgan fingerprint density at radius 3 is 2.55 bits per heavy atom. The van der Waals surface area contributed by atoms with Crippen LogP contribution >= 0.6 is 0 Å². The van der Waals surface area contributed by atoms with Crippen molar-refractivity contribution >= 4 is 28.9 Å². The lowest BCUT2D eigenvalue weighted by atomic mass is 10.1. The van der Waals surface area contributed by atoms with Crippen molar-refractivity contribution in [3.05, 3.63) is 35.6 Å². The van der Waals surface area contributed by atoms with Crippen molar-refractivity contribution < 1.29 is 28.3 Å². The number of hydrogen-bond acceptors (Lipinski definition) is 6. The van der Waals surface area contributed by atoms with Gasteiger partial charge in [0.15, 0.2) is 6.10 Å². The molecule has 0 aliphatic heterocycles. The molecule has 7 nitrogen and oxygen atoms in total. The standard InChI is InChI=1S/C15H15NO6/c1-8-10-6-4-5-7-11(10)22-12(8)14(18)21-9(2)13(17)16-15(19)20-3/h4-7,9H,1-3H3,(H,16,17,19)/t9-/m1/s1. The Bertz CT molecular complexity index is 733. The second-order valence-corrected chi connectivity index (χ2v) is 4.58. The Morgan fingerprint density at radius 1 is 1.23 bits per heavy atom. The molecule has 0 bridgehead atoms. The maximum atomic E-state index is 12.1. The zero-order valence-electron chi connectivity index (χ0n) is 12.3. The van der Waals surface area contributed by atoms with E-state index in [4.69, 9.17) is 9.15 Å². The third-order valence-electron chi connectivity index (χ3n) is 3.09. The maximum absolute atomic E-state index is 12.1. The van der Waals surface area contributed by atoms with E-state index in [1.54, 1.807) is 19.1 Å². The number of para-hydroxylation sites is 1. The van der Waals surface area contributed by atoms with Crippen molar-refractivity contribution in [1.82, 2.24) is 5.32 Å². The molecule has 0 fully saturated rings. The topological polar surface area (TPSA) is 94.8 Å². The zero-order valence-corrected chi connectivity index (χ0v) is 12.3. The lowest BCUT2D eigenvalue weighted by Gasteiger charge is -2.11. The lowest BCUT2D eigenvalue weighted by molar-refractivity contribution is -0.128. The molecular weight excluding hydrogens is 290 g/mol. The highest BCUT2D eigenvalue weighted by Gasteiger charge is 2.25. The van der Waals surface area contributed by atoms with Gasteiger partial charge in [-0.2, -0.15) is 0 Å². The van der Waals surface area contributed by atoms with Gasteiger partial charge in [-0.15, -0.1) is 0 Å². The minimum absolute atomic E-state index is 0.0268. The van der Waals surface area contributed by atoms with Gasteiger partial charge < -0.3 is 13.9 Å². The summed E-state index contributed by atoms with van der Waals surface area (Å²) < 4.78 is 14.7. The maximum Gasteiger partial charge on any atom is 0.413 e. The minimum Gasteiger partial charge on any atom is -0.453 e. The summed E-state index contributed by atoms with van der Waals surface area (Å²) in [5.41, 5.74) is 1.18. The largest absolute Gasteiger partial charge is 0.453 e. The number of aryl methyl sites for hydroxylation is 1. The summed E-state index contributed by atoms with van der Waals surface area (Å²) in [6.45, 7) is 3.07. The monoisotopic (exact) mass is 305 g/mol. The van der Waals surface area contributed by atoms with E-state index in [2.05, 4.69) is 4.74 Å². The first-order chi connectivity index (χ1) is 10.4. The van der Waals surface area contributed by atoms with Gasteiger partial charge in [0, 0.05) is 10.9 Å². The summed E-state index contributed by atoms with van der Waals surface area (Å²) in [6, 6.07) is 7.16. The number of amides is 2. The zero-order chi connectivity index (χ0) is 16.3. The molecule has 0 spiro atoms. The number of benzene rings is 1. The summed E-state index contributed by atoms with van der Waals surface area (Å²) in [5.74, 6) is -1.53. The molecular formula is C15H15NO6. The van der Waals surface area contributed by atoms with Crippen LogP contribution in [0.25, 0.3) is 11.0 Å². The van der Waals surface area contributed by atoms with E-state index in [1.807, 2.05) is 17.4 Å². The summed E-state index contributed by atoms with van der Waals surface area (Å²) >= 11 is 0. The number of esters is 1. The molecule has 7 heteroatoms. The molecule has 0 radical (unpaired) electrons.